The molecular weight excluding hydrogens is 238 g/mol. The highest BCUT2D eigenvalue weighted by atomic mass is 35.5. The zero-order valence-electron chi connectivity index (χ0n) is 10.7. The first-order chi connectivity index (χ1) is 8.15. The molecule has 1 aromatic rings. The topological polar surface area (TPSA) is 47.0 Å². The molecule has 5 heteroatoms. The Labute approximate surface area is 108 Å². The highest BCUT2D eigenvalue weighted by molar-refractivity contribution is 6.17. The van der Waals surface area contributed by atoms with Gasteiger partial charge in [-0.1, -0.05) is 0 Å². The maximum Gasteiger partial charge on any atom is 0.226 e. The Bertz CT molecular complexity index is 347. The number of hydrogen-bond donors (Lipinski definition) is 1. The van der Waals surface area contributed by atoms with Gasteiger partial charge in [-0.3, -0.25) is 0 Å². The Hall–Kier alpha value is -1.03. The zero-order chi connectivity index (χ0) is 12.7. The predicted octanol–water partition coefficient (Wildman–Crippen LogP) is 3.00. The lowest BCUT2D eigenvalue weighted by molar-refractivity contribution is 0.326. The maximum absolute atomic E-state index is 5.66. The SMILES string of the molecule is CCOc1cc(C)nc(NC(C)CCCCl)n1. The second kappa shape index (κ2) is 7.33. The number of rotatable bonds is 7. The van der Waals surface area contributed by atoms with Gasteiger partial charge in [-0.05, 0) is 33.6 Å². The van der Waals surface area contributed by atoms with E-state index in [4.69, 9.17) is 16.3 Å². The third-order valence-corrected chi connectivity index (χ3v) is 2.54. The van der Waals surface area contributed by atoms with Crippen molar-refractivity contribution in [2.45, 2.75) is 39.7 Å². The van der Waals surface area contributed by atoms with E-state index in [0.717, 1.165) is 18.5 Å². The third kappa shape index (κ3) is 5.22. The van der Waals surface area contributed by atoms with Crippen LogP contribution in [0.3, 0.4) is 0 Å². The number of alkyl halides is 1. The quantitative estimate of drug-likeness (QED) is 0.763. The van der Waals surface area contributed by atoms with Gasteiger partial charge < -0.3 is 10.1 Å². The Morgan fingerprint density at radius 2 is 2.24 bits per heavy atom. The first kappa shape index (κ1) is 14.0. The van der Waals surface area contributed by atoms with Crippen LogP contribution in [0.2, 0.25) is 0 Å². The van der Waals surface area contributed by atoms with E-state index in [-0.39, 0.29) is 0 Å². The fraction of sp³-hybridized carbons (Fsp3) is 0.667. The molecule has 1 aromatic heterocycles. The molecule has 1 heterocycles. The van der Waals surface area contributed by atoms with Crippen molar-refractivity contribution in [3.05, 3.63) is 11.8 Å². The van der Waals surface area contributed by atoms with E-state index in [0.29, 0.717) is 30.4 Å². The third-order valence-electron chi connectivity index (χ3n) is 2.27. The Morgan fingerprint density at radius 1 is 1.47 bits per heavy atom. The summed E-state index contributed by atoms with van der Waals surface area (Å²) in [6.45, 7) is 6.57. The molecule has 0 amide bonds. The number of ether oxygens (including phenoxy) is 1. The molecule has 1 rings (SSSR count). The number of hydrogen-bond acceptors (Lipinski definition) is 4. The molecule has 96 valence electrons. The molecule has 0 spiro atoms. The fourth-order valence-corrected chi connectivity index (χ4v) is 1.66. The highest BCUT2D eigenvalue weighted by Gasteiger charge is 2.06. The van der Waals surface area contributed by atoms with Crippen LogP contribution in [0, 0.1) is 6.92 Å². The number of nitrogens with one attached hydrogen (secondary N) is 1. The molecule has 0 aliphatic rings. The van der Waals surface area contributed by atoms with E-state index >= 15 is 0 Å². The van der Waals surface area contributed by atoms with Crippen molar-refractivity contribution in [2.24, 2.45) is 0 Å². The molecule has 0 bridgehead atoms. The monoisotopic (exact) mass is 257 g/mol. The van der Waals surface area contributed by atoms with Crippen molar-refractivity contribution in [2.75, 3.05) is 17.8 Å². The first-order valence-corrected chi connectivity index (χ1v) is 6.50. The number of halogens is 1. The van der Waals surface area contributed by atoms with Gasteiger partial charge in [0.1, 0.15) is 0 Å². The standard InChI is InChI=1S/C12H20ClN3O/c1-4-17-11-8-10(3)15-12(16-11)14-9(2)6-5-7-13/h8-9H,4-7H2,1-3H3,(H,14,15,16). The second-order valence-electron chi connectivity index (χ2n) is 3.98. The van der Waals surface area contributed by atoms with E-state index in [2.05, 4.69) is 22.2 Å². The lowest BCUT2D eigenvalue weighted by atomic mass is 10.2. The minimum absolute atomic E-state index is 0.310. The number of nitrogens with zero attached hydrogens (tertiary/aromatic N) is 2. The van der Waals surface area contributed by atoms with Crippen LogP contribution in [0.4, 0.5) is 5.95 Å². The van der Waals surface area contributed by atoms with Crippen molar-refractivity contribution in [3.63, 3.8) is 0 Å². The van der Waals surface area contributed by atoms with Crippen LogP contribution in [-0.4, -0.2) is 28.5 Å². The number of anilines is 1. The molecule has 17 heavy (non-hydrogen) atoms. The van der Waals surface area contributed by atoms with E-state index in [1.54, 1.807) is 0 Å². The summed E-state index contributed by atoms with van der Waals surface area (Å²) in [5, 5.41) is 3.26. The Morgan fingerprint density at radius 3 is 2.88 bits per heavy atom. The van der Waals surface area contributed by atoms with E-state index in [1.807, 2.05) is 19.9 Å². The number of aromatic nitrogens is 2. The molecule has 0 saturated carbocycles. The summed E-state index contributed by atoms with van der Waals surface area (Å²) in [5.74, 6) is 1.92. The summed E-state index contributed by atoms with van der Waals surface area (Å²) in [6.07, 6.45) is 1.99. The number of aryl methyl sites for hydroxylation is 1. The smallest absolute Gasteiger partial charge is 0.226 e. The summed E-state index contributed by atoms with van der Waals surface area (Å²) < 4.78 is 5.38. The van der Waals surface area contributed by atoms with Crippen molar-refractivity contribution >= 4 is 17.5 Å². The van der Waals surface area contributed by atoms with Gasteiger partial charge in [-0.15, -0.1) is 11.6 Å². The van der Waals surface area contributed by atoms with Crippen LogP contribution in [0.1, 0.15) is 32.4 Å². The van der Waals surface area contributed by atoms with Crippen LogP contribution in [0.15, 0.2) is 6.07 Å². The van der Waals surface area contributed by atoms with Gasteiger partial charge in [-0.25, -0.2) is 4.98 Å². The van der Waals surface area contributed by atoms with E-state index in [9.17, 15) is 0 Å². The van der Waals surface area contributed by atoms with Crippen LogP contribution in [-0.2, 0) is 0 Å². The van der Waals surface area contributed by atoms with Crippen molar-refractivity contribution in [3.8, 4) is 5.88 Å². The highest BCUT2D eigenvalue weighted by Crippen LogP contribution is 2.13. The van der Waals surface area contributed by atoms with Crippen molar-refractivity contribution in [1.29, 1.82) is 0 Å². The normalized spacial score (nSPS) is 12.2. The molecule has 4 nitrogen and oxygen atoms in total. The van der Waals surface area contributed by atoms with Gasteiger partial charge in [0, 0.05) is 23.7 Å². The summed E-state index contributed by atoms with van der Waals surface area (Å²) in [4.78, 5) is 8.62. The van der Waals surface area contributed by atoms with Crippen LogP contribution in [0.5, 0.6) is 5.88 Å². The molecule has 1 N–H and O–H groups in total. The van der Waals surface area contributed by atoms with Gasteiger partial charge in [0.25, 0.3) is 0 Å². The minimum Gasteiger partial charge on any atom is -0.478 e. The van der Waals surface area contributed by atoms with Gasteiger partial charge >= 0.3 is 0 Å². The molecule has 0 aliphatic heterocycles. The molecule has 0 radical (unpaired) electrons. The van der Waals surface area contributed by atoms with E-state index in [1.165, 1.54) is 0 Å². The van der Waals surface area contributed by atoms with Crippen LogP contribution in [0.25, 0.3) is 0 Å². The predicted molar refractivity (Wildman–Crippen MR) is 71.0 cm³/mol. The molecule has 1 atom stereocenters. The summed E-state index contributed by atoms with van der Waals surface area (Å²) in [6, 6.07) is 2.14. The maximum atomic E-state index is 5.66. The molecule has 0 aliphatic carbocycles. The van der Waals surface area contributed by atoms with Crippen LogP contribution < -0.4 is 10.1 Å². The minimum atomic E-state index is 0.310. The van der Waals surface area contributed by atoms with Gasteiger partial charge in [0.05, 0.1) is 6.61 Å². The van der Waals surface area contributed by atoms with Crippen molar-refractivity contribution < 1.29 is 4.74 Å². The van der Waals surface area contributed by atoms with Crippen LogP contribution >= 0.6 is 11.6 Å². The molecule has 1 unspecified atom stereocenters. The average molecular weight is 258 g/mol. The Balaban J connectivity index is 2.63. The first-order valence-electron chi connectivity index (χ1n) is 5.96. The van der Waals surface area contributed by atoms with Gasteiger partial charge in [0.15, 0.2) is 0 Å². The second-order valence-corrected chi connectivity index (χ2v) is 4.36. The zero-order valence-corrected chi connectivity index (χ0v) is 11.4. The molecule has 0 saturated heterocycles. The summed E-state index contributed by atoms with van der Waals surface area (Å²) >= 11 is 5.66. The van der Waals surface area contributed by atoms with Gasteiger partial charge in [0.2, 0.25) is 11.8 Å². The summed E-state index contributed by atoms with van der Waals surface area (Å²) in [7, 11) is 0. The van der Waals surface area contributed by atoms with Crippen molar-refractivity contribution in [1.82, 2.24) is 9.97 Å². The molecular formula is C12H20ClN3O. The molecule has 0 aromatic carbocycles. The average Bonchev–Trinajstić information content (AvgIpc) is 2.26. The molecule has 0 fully saturated rings. The lowest BCUT2D eigenvalue weighted by Gasteiger charge is -2.14. The van der Waals surface area contributed by atoms with Gasteiger partial charge in [-0.2, -0.15) is 4.98 Å². The van der Waals surface area contributed by atoms with E-state index < -0.39 is 0 Å². The summed E-state index contributed by atoms with van der Waals surface area (Å²) in [5.41, 5.74) is 0.899. The fourth-order valence-electron chi connectivity index (χ4n) is 1.50. The largest absolute Gasteiger partial charge is 0.478 e. The Kier molecular flexibility index (Phi) is 6.05. The lowest BCUT2D eigenvalue weighted by Crippen LogP contribution is -2.17.